The highest BCUT2D eigenvalue weighted by molar-refractivity contribution is 5.66. The van der Waals surface area contributed by atoms with Gasteiger partial charge in [-0.15, -0.1) is 10.2 Å². The number of nitrogens with zero attached hydrogens (tertiary/aromatic N) is 3. The minimum absolute atomic E-state index is 0.287. The summed E-state index contributed by atoms with van der Waals surface area (Å²) in [4.78, 5) is 2.14. The van der Waals surface area contributed by atoms with Crippen molar-refractivity contribution in [3.05, 3.63) is 59.4 Å². The van der Waals surface area contributed by atoms with Gasteiger partial charge in [-0.25, -0.2) is 4.39 Å². The maximum Gasteiger partial charge on any atom is 0.233 e. The molecule has 7 nitrogen and oxygen atoms in total. The lowest BCUT2D eigenvalue weighted by Gasteiger charge is -2.20. The molecule has 1 aromatic heterocycles. The molecule has 31 heavy (non-hydrogen) atoms. The van der Waals surface area contributed by atoms with Crippen molar-refractivity contribution >= 4 is 0 Å². The molecule has 0 bridgehead atoms. The second-order valence-corrected chi connectivity index (χ2v) is 7.14. The Morgan fingerprint density at radius 1 is 1.00 bits per heavy atom. The molecule has 0 atom stereocenters. The summed E-state index contributed by atoms with van der Waals surface area (Å²) in [5, 5.41) is 8.28. The number of benzene rings is 2. The first kappa shape index (κ1) is 20.9. The quantitative estimate of drug-likeness (QED) is 0.597. The third kappa shape index (κ3) is 4.54. The molecule has 0 aliphatic carbocycles. The Bertz CT molecular complexity index is 1060. The fraction of sp³-hybridized carbons (Fsp3) is 0.304. The monoisotopic (exact) mass is 425 g/mol. The van der Waals surface area contributed by atoms with Crippen LogP contribution in [-0.2, 0) is 13.1 Å². The summed E-state index contributed by atoms with van der Waals surface area (Å²) < 4.78 is 36.2. The number of halogens is 1. The summed E-state index contributed by atoms with van der Waals surface area (Å²) in [5.74, 6) is 1.99. The van der Waals surface area contributed by atoms with Crippen LogP contribution in [0.15, 0.2) is 42.5 Å². The number of hydrogen-bond acceptors (Lipinski definition) is 7. The Morgan fingerprint density at radius 2 is 1.87 bits per heavy atom. The van der Waals surface area contributed by atoms with E-state index in [1.807, 2.05) is 18.2 Å². The van der Waals surface area contributed by atoms with Crippen molar-refractivity contribution in [3.8, 4) is 34.4 Å². The van der Waals surface area contributed by atoms with Gasteiger partial charge in [0.15, 0.2) is 11.5 Å². The molecule has 0 fully saturated rings. The standard InChI is InChI=1S/C23H24FN3O4/c1-28-18-5-4-15(19(24)12-18)13-27-8-9-31-23-17(14-27)10-16(11-21(23)29-2)20-6-7-22(30-3)26-25-20/h4-7,10-12H,8-9,13-14H2,1-3H3. The van der Waals surface area contributed by atoms with E-state index in [0.29, 0.717) is 60.6 Å². The van der Waals surface area contributed by atoms with Gasteiger partial charge in [0.05, 0.1) is 27.0 Å². The summed E-state index contributed by atoms with van der Waals surface area (Å²) in [5.41, 5.74) is 3.09. The Labute approximate surface area is 180 Å². The van der Waals surface area contributed by atoms with Gasteiger partial charge in [0.2, 0.25) is 5.88 Å². The largest absolute Gasteiger partial charge is 0.497 e. The molecule has 4 rings (SSSR count). The van der Waals surface area contributed by atoms with E-state index in [2.05, 4.69) is 15.1 Å². The Kier molecular flexibility index (Phi) is 6.18. The highest BCUT2D eigenvalue weighted by Crippen LogP contribution is 2.38. The summed E-state index contributed by atoms with van der Waals surface area (Å²) in [6, 6.07) is 12.4. The van der Waals surface area contributed by atoms with E-state index in [-0.39, 0.29) is 5.82 Å². The minimum Gasteiger partial charge on any atom is -0.497 e. The van der Waals surface area contributed by atoms with E-state index in [0.717, 1.165) is 11.1 Å². The molecular formula is C23H24FN3O4. The molecule has 0 amide bonds. The van der Waals surface area contributed by atoms with Gasteiger partial charge in [0, 0.05) is 48.5 Å². The number of hydrogen-bond donors (Lipinski definition) is 0. The fourth-order valence-corrected chi connectivity index (χ4v) is 3.58. The molecule has 0 radical (unpaired) electrons. The van der Waals surface area contributed by atoms with Crippen LogP contribution in [0.1, 0.15) is 11.1 Å². The van der Waals surface area contributed by atoms with Crippen molar-refractivity contribution < 1.29 is 23.3 Å². The highest BCUT2D eigenvalue weighted by Gasteiger charge is 2.22. The molecule has 0 unspecified atom stereocenters. The van der Waals surface area contributed by atoms with Crippen LogP contribution in [0, 0.1) is 5.82 Å². The smallest absolute Gasteiger partial charge is 0.233 e. The average molecular weight is 425 g/mol. The second kappa shape index (κ2) is 9.18. The van der Waals surface area contributed by atoms with Gasteiger partial charge in [-0.2, -0.15) is 0 Å². The number of ether oxygens (including phenoxy) is 4. The van der Waals surface area contributed by atoms with Crippen LogP contribution in [0.4, 0.5) is 4.39 Å². The van der Waals surface area contributed by atoms with E-state index in [1.54, 1.807) is 32.4 Å². The first-order chi connectivity index (χ1) is 15.1. The van der Waals surface area contributed by atoms with Crippen LogP contribution in [0.2, 0.25) is 0 Å². The lowest BCUT2D eigenvalue weighted by molar-refractivity contribution is 0.215. The van der Waals surface area contributed by atoms with E-state index in [9.17, 15) is 4.39 Å². The van der Waals surface area contributed by atoms with Crippen LogP contribution < -0.4 is 18.9 Å². The molecule has 1 aliphatic heterocycles. The molecule has 3 aromatic rings. The van der Waals surface area contributed by atoms with Crippen molar-refractivity contribution in [3.63, 3.8) is 0 Å². The lowest BCUT2D eigenvalue weighted by atomic mass is 10.0. The summed E-state index contributed by atoms with van der Waals surface area (Å²) >= 11 is 0. The second-order valence-electron chi connectivity index (χ2n) is 7.14. The van der Waals surface area contributed by atoms with Gasteiger partial charge in [-0.1, -0.05) is 6.07 Å². The van der Waals surface area contributed by atoms with Crippen molar-refractivity contribution in [1.29, 1.82) is 0 Å². The molecular weight excluding hydrogens is 401 g/mol. The fourth-order valence-electron chi connectivity index (χ4n) is 3.58. The van der Waals surface area contributed by atoms with Gasteiger partial charge in [0.1, 0.15) is 18.2 Å². The third-order valence-corrected chi connectivity index (χ3v) is 5.20. The maximum absolute atomic E-state index is 14.5. The van der Waals surface area contributed by atoms with E-state index < -0.39 is 0 Å². The Hall–Kier alpha value is -3.39. The normalized spacial score (nSPS) is 13.7. The molecule has 0 saturated heterocycles. The van der Waals surface area contributed by atoms with E-state index >= 15 is 0 Å². The molecule has 8 heteroatoms. The Morgan fingerprint density at radius 3 is 2.55 bits per heavy atom. The third-order valence-electron chi connectivity index (χ3n) is 5.20. The molecule has 2 heterocycles. The van der Waals surface area contributed by atoms with Crippen molar-refractivity contribution in [2.45, 2.75) is 13.1 Å². The number of fused-ring (bicyclic) bond motifs is 1. The van der Waals surface area contributed by atoms with Gasteiger partial charge < -0.3 is 18.9 Å². The molecule has 2 aromatic carbocycles. The zero-order chi connectivity index (χ0) is 21.8. The SMILES string of the molecule is COc1ccc(CN2CCOc3c(cc(-c4ccc(OC)nn4)cc3OC)C2)c(F)c1. The first-order valence-corrected chi connectivity index (χ1v) is 9.88. The molecule has 0 saturated carbocycles. The topological polar surface area (TPSA) is 65.9 Å². The number of rotatable bonds is 6. The summed E-state index contributed by atoms with van der Waals surface area (Å²) in [7, 11) is 4.68. The van der Waals surface area contributed by atoms with Gasteiger partial charge >= 0.3 is 0 Å². The Balaban J connectivity index is 1.63. The predicted molar refractivity (Wildman–Crippen MR) is 113 cm³/mol. The number of aromatic nitrogens is 2. The van der Waals surface area contributed by atoms with Crippen molar-refractivity contribution in [2.75, 3.05) is 34.5 Å². The maximum atomic E-state index is 14.5. The van der Waals surface area contributed by atoms with Gasteiger partial charge in [-0.05, 0) is 24.3 Å². The zero-order valence-electron chi connectivity index (χ0n) is 17.7. The van der Waals surface area contributed by atoms with Gasteiger partial charge in [0.25, 0.3) is 0 Å². The highest BCUT2D eigenvalue weighted by atomic mass is 19.1. The van der Waals surface area contributed by atoms with Crippen LogP contribution in [0.3, 0.4) is 0 Å². The molecule has 0 N–H and O–H groups in total. The van der Waals surface area contributed by atoms with Crippen LogP contribution in [0.25, 0.3) is 11.3 Å². The van der Waals surface area contributed by atoms with Crippen molar-refractivity contribution in [2.24, 2.45) is 0 Å². The number of methoxy groups -OCH3 is 3. The average Bonchev–Trinajstić information content (AvgIpc) is 3.01. The van der Waals surface area contributed by atoms with Crippen LogP contribution in [0.5, 0.6) is 23.1 Å². The van der Waals surface area contributed by atoms with Crippen LogP contribution >= 0.6 is 0 Å². The molecule has 0 spiro atoms. The first-order valence-electron chi connectivity index (χ1n) is 9.88. The van der Waals surface area contributed by atoms with E-state index in [1.165, 1.54) is 13.2 Å². The molecule has 1 aliphatic rings. The van der Waals surface area contributed by atoms with Crippen LogP contribution in [-0.4, -0.2) is 49.6 Å². The van der Waals surface area contributed by atoms with Gasteiger partial charge in [-0.3, -0.25) is 4.90 Å². The van der Waals surface area contributed by atoms with E-state index in [4.69, 9.17) is 18.9 Å². The minimum atomic E-state index is -0.287. The predicted octanol–water partition coefficient (Wildman–Crippen LogP) is 3.70. The molecule has 162 valence electrons. The summed E-state index contributed by atoms with van der Waals surface area (Å²) in [6.45, 7) is 2.16. The van der Waals surface area contributed by atoms with Crippen molar-refractivity contribution in [1.82, 2.24) is 15.1 Å². The summed E-state index contributed by atoms with van der Waals surface area (Å²) in [6.07, 6.45) is 0. The lowest BCUT2D eigenvalue weighted by Crippen LogP contribution is -2.25. The zero-order valence-corrected chi connectivity index (χ0v) is 17.7.